The number of amides is 2. The number of ether oxygens (including phenoxy) is 1. The number of nitrogens with zero attached hydrogens (tertiary/aromatic N) is 2. The maximum absolute atomic E-state index is 13.5. The monoisotopic (exact) mass is 466 g/mol. The maximum Gasteiger partial charge on any atom is 0.254 e. The summed E-state index contributed by atoms with van der Waals surface area (Å²) in [6.07, 6.45) is 0.778. The van der Waals surface area contributed by atoms with Crippen molar-refractivity contribution in [2.45, 2.75) is 32.4 Å². The topological polar surface area (TPSA) is 49.9 Å². The Balaban J connectivity index is 1.52. The van der Waals surface area contributed by atoms with Gasteiger partial charge in [0.1, 0.15) is 24.7 Å². The molecule has 33 heavy (non-hydrogen) atoms. The van der Waals surface area contributed by atoms with E-state index in [1.807, 2.05) is 48.4 Å². The number of rotatable bonds is 7. The van der Waals surface area contributed by atoms with Crippen molar-refractivity contribution in [2.75, 3.05) is 19.7 Å². The van der Waals surface area contributed by atoms with Crippen molar-refractivity contribution in [1.29, 1.82) is 0 Å². The van der Waals surface area contributed by atoms with Gasteiger partial charge in [0.05, 0.1) is 6.04 Å². The van der Waals surface area contributed by atoms with Crippen LogP contribution >= 0.6 is 11.3 Å². The quantitative estimate of drug-likeness (QED) is 0.495. The van der Waals surface area contributed by atoms with E-state index in [0.29, 0.717) is 17.9 Å². The van der Waals surface area contributed by atoms with E-state index < -0.39 is 0 Å². The molecule has 1 aliphatic rings. The van der Waals surface area contributed by atoms with Gasteiger partial charge in [-0.1, -0.05) is 18.2 Å². The van der Waals surface area contributed by atoms with Crippen LogP contribution in [0.3, 0.4) is 0 Å². The third-order valence-electron chi connectivity index (χ3n) is 5.85. The SMILES string of the molecule is CC(C)N(CC(=O)N1CCc2sccc2[C@H]1COc1ccc(F)cc1)C(=O)c1ccccc1. The molecular weight excluding hydrogens is 439 g/mol. The first-order chi connectivity index (χ1) is 15.9. The van der Waals surface area contributed by atoms with E-state index in [0.717, 1.165) is 12.0 Å². The fourth-order valence-corrected chi connectivity index (χ4v) is 4.98. The van der Waals surface area contributed by atoms with Crippen LogP contribution in [-0.2, 0) is 11.2 Å². The van der Waals surface area contributed by atoms with Gasteiger partial charge in [0.25, 0.3) is 5.91 Å². The number of hydrogen-bond donors (Lipinski definition) is 0. The molecule has 3 aromatic rings. The molecule has 0 saturated heterocycles. The minimum Gasteiger partial charge on any atom is -0.491 e. The van der Waals surface area contributed by atoms with E-state index in [2.05, 4.69) is 0 Å². The van der Waals surface area contributed by atoms with Crippen LogP contribution in [0, 0.1) is 5.82 Å². The van der Waals surface area contributed by atoms with E-state index in [1.165, 1.54) is 17.0 Å². The van der Waals surface area contributed by atoms with Crippen molar-refractivity contribution < 1.29 is 18.7 Å². The zero-order valence-electron chi connectivity index (χ0n) is 18.7. The molecule has 4 rings (SSSR count). The summed E-state index contributed by atoms with van der Waals surface area (Å²) in [5.41, 5.74) is 1.64. The summed E-state index contributed by atoms with van der Waals surface area (Å²) in [6, 6.07) is 16.5. The zero-order chi connectivity index (χ0) is 23.4. The highest BCUT2D eigenvalue weighted by molar-refractivity contribution is 7.10. The molecule has 0 saturated carbocycles. The lowest BCUT2D eigenvalue weighted by Gasteiger charge is -2.37. The highest BCUT2D eigenvalue weighted by atomic mass is 32.1. The van der Waals surface area contributed by atoms with Crippen LogP contribution in [0.25, 0.3) is 0 Å². The highest BCUT2D eigenvalue weighted by Gasteiger charge is 2.34. The van der Waals surface area contributed by atoms with Gasteiger partial charge in [-0.3, -0.25) is 9.59 Å². The number of carbonyl (C=O) groups is 2. The summed E-state index contributed by atoms with van der Waals surface area (Å²) in [4.78, 5) is 31.2. The fraction of sp³-hybridized carbons (Fsp3) is 0.308. The van der Waals surface area contributed by atoms with Crippen molar-refractivity contribution in [1.82, 2.24) is 9.80 Å². The van der Waals surface area contributed by atoms with Gasteiger partial charge in [0.15, 0.2) is 0 Å². The summed E-state index contributed by atoms with van der Waals surface area (Å²) < 4.78 is 19.2. The van der Waals surface area contributed by atoms with Crippen LogP contribution in [0.4, 0.5) is 4.39 Å². The van der Waals surface area contributed by atoms with Crippen LogP contribution < -0.4 is 4.74 Å². The minimum absolute atomic E-state index is 0.00207. The predicted molar refractivity (Wildman–Crippen MR) is 127 cm³/mol. The Morgan fingerprint density at radius 2 is 1.85 bits per heavy atom. The molecule has 7 heteroatoms. The van der Waals surface area contributed by atoms with Crippen molar-refractivity contribution >= 4 is 23.2 Å². The maximum atomic E-state index is 13.5. The molecule has 2 aromatic carbocycles. The normalized spacial score (nSPS) is 15.3. The van der Waals surface area contributed by atoms with Gasteiger partial charge >= 0.3 is 0 Å². The summed E-state index contributed by atoms with van der Waals surface area (Å²) in [5, 5.41) is 2.03. The Bertz CT molecular complexity index is 1100. The number of fused-ring (bicyclic) bond motifs is 1. The van der Waals surface area contributed by atoms with Crippen molar-refractivity contribution in [3.63, 3.8) is 0 Å². The van der Waals surface area contributed by atoms with Gasteiger partial charge in [0, 0.05) is 23.0 Å². The molecule has 2 heterocycles. The second-order valence-electron chi connectivity index (χ2n) is 8.31. The molecular formula is C26H27FN2O3S. The van der Waals surface area contributed by atoms with Gasteiger partial charge in [-0.2, -0.15) is 0 Å². The van der Waals surface area contributed by atoms with Crippen LogP contribution in [0.2, 0.25) is 0 Å². The lowest BCUT2D eigenvalue weighted by Crippen LogP contribution is -2.49. The number of thiophene rings is 1. The van der Waals surface area contributed by atoms with Gasteiger partial charge < -0.3 is 14.5 Å². The number of hydrogen-bond acceptors (Lipinski definition) is 4. The van der Waals surface area contributed by atoms with E-state index in [4.69, 9.17) is 4.74 Å². The Morgan fingerprint density at radius 3 is 2.55 bits per heavy atom. The fourth-order valence-electron chi connectivity index (χ4n) is 4.05. The van der Waals surface area contributed by atoms with Gasteiger partial charge in [0.2, 0.25) is 5.91 Å². The summed E-state index contributed by atoms with van der Waals surface area (Å²) in [7, 11) is 0. The lowest BCUT2D eigenvalue weighted by molar-refractivity contribution is -0.136. The van der Waals surface area contributed by atoms with Crippen LogP contribution in [0.5, 0.6) is 5.75 Å². The Kier molecular flexibility index (Phi) is 7.08. The Morgan fingerprint density at radius 1 is 1.12 bits per heavy atom. The van der Waals surface area contributed by atoms with E-state index in [9.17, 15) is 14.0 Å². The highest BCUT2D eigenvalue weighted by Crippen LogP contribution is 2.34. The molecule has 1 atom stereocenters. The van der Waals surface area contributed by atoms with Gasteiger partial charge in [-0.05, 0) is 73.7 Å². The van der Waals surface area contributed by atoms with Crippen LogP contribution in [-0.4, -0.2) is 47.4 Å². The van der Waals surface area contributed by atoms with Gasteiger partial charge in [-0.15, -0.1) is 11.3 Å². The Labute approximate surface area is 197 Å². The molecule has 0 fully saturated rings. The van der Waals surface area contributed by atoms with Crippen molar-refractivity contribution in [3.05, 3.63) is 87.9 Å². The number of carbonyl (C=O) groups excluding carboxylic acids is 2. The zero-order valence-corrected chi connectivity index (χ0v) is 19.6. The van der Waals surface area contributed by atoms with Gasteiger partial charge in [-0.25, -0.2) is 4.39 Å². The van der Waals surface area contributed by atoms with E-state index in [-0.39, 0.29) is 42.9 Å². The molecule has 0 bridgehead atoms. The second kappa shape index (κ2) is 10.2. The molecule has 172 valence electrons. The number of benzene rings is 2. The standard InChI is InChI=1S/C26H27FN2O3S/c1-18(2)29(26(31)19-6-4-3-5-7-19)16-25(30)28-14-12-24-22(13-15-33-24)23(28)17-32-21-10-8-20(27)9-11-21/h3-11,13,15,18,23H,12,14,16-17H2,1-2H3/t23-/m1/s1. The molecule has 1 aliphatic heterocycles. The average molecular weight is 467 g/mol. The van der Waals surface area contributed by atoms with E-state index >= 15 is 0 Å². The Hall–Kier alpha value is -3.19. The van der Waals surface area contributed by atoms with Crippen molar-refractivity contribution in [3.8, 4) is 5.75 Å². The largest absolute Gasteiger partial charge is 0.491 e. The smallest absolute Gasteiger partial charge is 0.254 e. The molecule has 1 aromatic heterocycles. The molecule has 0 unspecified atom stereocenters. The molecule has 0 spiro atoms. The first-order valence-electron chi connectivity index (χ1n) is 11.0. The van der Waals surface area contributed by atoms with Crippen LogP contribution in [0.15, 0.2) is 66.0 Å². The first kappa shape index (κ1) is 23.0. The van der Waals surface area contributed by atoms with E-state index in [1.54, 1.807) is 40.5 Å². The third kappa shape index (κ3) is 5.25. The molecule has 5 nitrogen and oxygen atoms in total. The average Bonchev–Trinajstić information content (AvgIpc) is 3.31. The van der Waals surface area contributed by atoms with Crippen LogP contribution in [0.1, 0.15) is 40.7 Å². The summed E-state index contributed by atoms with van der Waals surface area (Å²) in [6.45, 7) is 4.65. The summed E-state index contributed by atoms with van der Waals surface area (Å²) in [5.74, 6) is -0.0492. The number of halogens is 1. The third-order valence-corrected chi connectivity index (χ3v) is 6.84. The first-order valence-corrected chi connectivity index (χ1v) is 11.9. The molecule has 0 radical (unpaired) electrons. The summed E-state index contributed by atoms with van der Waals surface area (Å²) >= 11 is 1.68. The lowest BCUT2D eigenvalue weighted by atomic mass is 10.00. The molecule has 0 aliphatic carbocycles. The second-order valence-corrected chi connectivity index (χ2v) is 9.31. The predicted octanol–water partition coefficient (Wildman–Crippen LogP) is 4.94. The van der Waals surface area contributed by atoms with Crippen molar-refractivity contribution in [2.24, 2.45) is 0 Å². The minimum atomic E-state index is -0.325. The molecule has 2 amide bonds. The molecule has 0 N–H and O–H groups in total.